The quantitative estimate of drug-likeness (QED) is 0.614. The van der Waals surface area contributed by atoms with E-state index in [4.69, 9.17) is 5.73 Å². The summed E-state index contributed by atoms with van der Waals surface area (Å²) in [6.07, 6.45) is -0.0712. The molecular weight excluding hydrogens is 204 g/mol. The van der Waals surface area contributed by atoms with E-state index in [0.29, 0.717) is 5.69 Å². The van der Waals surface area contributed by atoms with Crippen molar-refractivity contribution in [3.05, 3.63) is 16.1 Å². The van der Waals surface area contributed by atoms with Gasteiger partial charge in [-0.15, -0.1) is 11.3 Å². The van der Waals surface area contributed by atoms with Crippen molar-refractivity contribution in [3.8, 4) is 11.8 Å². The first kappa shape index (κ1) is 10.2. The van der Waals surface area contributed by atoms with Crippen LogP contribution in [0.25, 0.3) is 0 Å². The standard InChI is InChI=1S/C8H6N2O3S/c9-6(11)3-1-2-5-4-14-7(10-5)8(12)13/h4H,3H2,(H2,9,11)(H,12,13)/p-1. The minimum atomic E-state index is -1.34. The molecule has 2 N–H and O–H groups in total. The Morgan fingerprint density at radius 1 is 1.64 bits per heavy atom. The van der Waals surface area contributed by atoms with Crippen molar-refractivity contribution in [2.75, 3.05) is 0 Å². The molecule has 0 spiro atoms. The second-order valence-corrected chi connectivity index (χ2v) is 3.13. The normalized spacial score (nSPS) is 8.86. The molecule has 0 saturated heterocycles. The molecule has 72 valence electrons. The number of carboxylic acids is 1. The zero-order chi connectivity index (χ0) is 10.6. The molecule has 14 heavy (non-hydrogen) atoms. The van der Waals surface area contributed by atoms with Crippen LogP contribution in [0.4, 0.5) is 0 Å². The van der Waals surface area contributed by atoms with Crippen LogP contribution in [0, 0.1) is 11.8 Å². The Labute approximate surface area is 83.6 Å². The van der Waals surface area contributed by atoms with Crippen LogP contribution in [0.3, 0.4) is 0 Å². The number of aromatic carboxylic acids is 1. The van der Waals surface area contributed by atoms with Gasteiger partial charge in [-0.2, -0.15) is 0 Å². The number of carbonyl (C=O) groups excluding carboxylic acids is 2. The SMILES string of the molecule is NC(=O)CC#Cc1csc(C(=O)[O-])n1. The molecular formula is C8H5N2O3S-. The summed E-state index contributed by atoms with van der Waals surface area (Å²) < 4.78 is 0. The van der Waals surface area contributed by atoms with E-state index in [2.05, 4.69) is 16.8 Å². The number of amides is 1. The van der Waals surface area contributed by atoms with Gasteiger partial charge >= 0.3 is 0 Å². The molecule has 0 aliphatic heterocycles. The fraction of sp³-hybridized carbons (Fsp3) is 0.125. The Balaban J connectivity index is 2.71. The number of aromatic nitrogens is 1. The molecule has 1 rings (SSSR count). The summed E-state index contributed by atoms with van der Waals surface area (Å²) in [5.41, 5.74) is 5.15. The summed E-state index contributed by atoms with van der Waals surface area (Å²) in [5.74, 6) is 3.10. The molecule has 1 heterocycles. The molecule has 1 aromatic heterocycles. The monoisotopic (exact) mass is 209 g/mol. The van der Waals surface area contributed by atoms with E-state index < -0.39 is 11.9 Å². The van der Waals surface area contributed by atoms with Crippen LogP contribution in [-0.2, 0) is 4.79 Å². The third-order valence-corrected chi connectivity index (χ3v) is 1.98. The van der Waals surface area contributed by atoms with E-state index >= 15 is 0 Å². The predicted molar refractivity (Wildman–Crippen MR) is 47.1 cm³/mol. The minimum Gasteiger partial charge on any atom is -0.542 e. The van der Waals surface area contributed by atoms with Gasteiger partial charge in [0.2, 0.25) is 5.91 Å². The number of hydrogen-bond donors (Lipinski definition) is 1. The number of nitrogens with zero attached hydrogens (tertiary/aromatic N) is 1. The molecule has 0 radical (unpaired) electrons. The number of carboxylic acid groups (broad SMARTS) is 1. The maximum Gasteiger partial charge on any atom is 0.229 e. The van der Waals surface area contributed by atoms with Crippen molar-refractivity contribution in [1.29, 1.82) is 0 Å². The van der Waals surface area contributed by atoms with Gasteiger partial charge in [0.25, 0.3) is 0 Å². The molecule has 0 bridgehead atoms. The van der Waals surface area contributed by atoms with E-state index in [-0.39, 0.29) is 11.4 Å². The smallest absolute Gasteiger partial charge is 0.229 e. The first-order valence-electron chi connectivity index (χ1n) is 3.53. The van der Waals surface area contributed by atoms with Crippen LogP contribution >= 0.6 is 11.3 Å². The molecule has 5 nitrogen and oxygen atoms in total. The molecule has 0 saturated carbocycles. The fourth-order valence-corrected chi connectivity index (χ4v) is 1.23. The van der Waals surface area contributed by atoms with Crippen LogP contribution in [0.2, 0.25) is 0 Å². The number of primary amides is 1. The molecule has 0 atom stereocenters. The zero-order valence-corrected chi connectivity index (χ0v) is 7.76. The lowest BCUT2D eigenvalue weighted by Gasteiger charge is -1.90. The summed E-state index contributed by atoms with van der Waals surface area (Å²) in [5, 5.41) is 11.7. The molecule has 0 aromatic carbocycles. The first-order valence-corrected chi connectivity index (χ1v) is 4.41. The highest BCUT2D eigenvalue weighted by Crippen LogP contribution is 2.07. The molecule has 0 unspecified atom stereocenters. The molecule has 0 aliphatic rings. The number of hydrogen-bond acceptors (Lipinski definition) is 5. The summed E-state index contributed by atoms with van der Waals surface area (Å²) in [6.45, 7) is 0. The Kier molecular flexibility index (Phi) is 3.20. The van der Waals surface area contributed by atoms with Crippen LogP contribution in [0.5, 0.6) is 0 Å². The third kappa shape index (κ3) is 2.88. The van der Waals surface area contributed by atoms with Gasteiger partial charge in [0.15, 0.2) is 0 Å². The number of carbonyl (C=O) groups is 2. The van der Waals surface area contributed by atoms with Gasteiger partial charge in [-0.25, -0.2) is 4.98 Å². The van der Waals surface area contributed by atoms with Gasteiger partial charge in [0.05, 0.1) is 6.42 Å². The first-order chi connectivity index (χ1) is 6.59. The van der Waals surface area contributed by atoms with Gasteiger partial charge < -0.3 is 15.6 Å². The molecule has 0 aliphatic carbocycles. The highest BCUT2D eigenvalue weighted by atomic mass is 32.1. The lowest BCUT2D eigenvalue weighted by molar-refractivity contribution is -0.255. The Morgan fingerprint density at radius 2 is 2.36 bits per heavy atom. The summed E-state index contributed by atoms with van der Waals surface area (Å²) in [4.78, 5) is 24.2. The highest BCUT2D eigenvalue weighted by Gasteiger charge is 1.99. The largest absolute Gasteiger partial charge is 0.542 e. The Hall–Kier alpha value is -1.87. The fourth-order valence-electron chi connectivity index (χ4n) is 0.647. The van der Waals surface area contributed by atoms with Gasteiger partial charge in [-0.05, 0) is 5.92 Å². The van der Waals surface area contributed by atoms with Crippen molar-refractivity contribution in [3.63, 3.8) is 0 Å². The topological polar surface area (TPSA) is 96.1 Å². The second-order valence-electron chi connectivity index (χ2n) is 2.27. The van der Waals surface area contributed by atoms with Crippen molar-refractivity contribution in [2.45, 2.75) is 6.42 Å². The van der Waals surface area contributed by atoms with Crippen LogP contribution in [-0.4, -0.2) is 16.9 Å². The van der Waals surface area contributed by atoms with Gasteiger partial charge in [0.1, 0.15) is 16.7 Å². The number of thiazole rings is 1. The zero-order valence-electron chi connectivity index (χ0n) is 6.94. The Morgan fingerprint density at radius 3 is 2.86 bits per heavy atom. The maximum absolute atomic E-state index is 10.3. The van der Waals surface area contributed by atoms with Crippen molar-refractivity contribution in [2.24, 2.45) is 5.73 Å². The number of nitrogens with two attached hydrogens (primary N) is 1. The maximum atomic E-state index is 10.3. The second kappa shape index (κ2) is 4.39. The average molecular weight is 209 g/mol. The lowest BCUT2D eigenvalue weighted by Crippen LogP contribution is -2.21. The molecule has 1 aromatic rings. The molecule has 0 fully saturated rings. The van der Waals surface area contributed by atoms with E-state index in [1.165, 1.54) is 5.38 Å². The third-order valence-electron chi connectivity index (χ3n) is 1.16. The van der Waals surface area contributed by atoms with Crippen molar-refractivity contribution < 1.29 is 14.7 Å². The van der Waals surface area contributed by atoms with Crippen molar-refractivity contribution in [1.82, 2.24) is 4.98 Å². The van der Waals surface area contributed by atoms with Crippen molar-refractivity contribution >= 4 is 23.2 Å². The average Bonchev–Trinajstić information content (AvgIpc) is 2.52. The summed E-state index contributed by atoms with van der Waals surface area (Å²) in [7, 11) is 0. The number of rotatable bonds is 2. The van der Waals surface area contributed by atoms with Gasteiger partial charge in [-0.1, -0.05) is 5.92 Å². The van der Waals surface area contributed by atoms with E-state index in [1.807, 2.05) is 0 Å². The summed E-state index contributed by atoms with van der Waals surface area (Å²) >= 11 is 0.925. The molecule has 6 heteroatoms. The van der Waals surface area contributed by atoms with Crippen LogP contribution < -0.4 is 10.8 Å². The minimum absolute atomic E-state index is 0.0712. The van der Waals surface area contributed by atoms with E-state index in [0.717, 1.165) is 11.3 Å². The lowest BCUT2D eigenvalue weighted by atomic mass is 10.4. The predicted octanol–water partition coefficient (Wildman–Crippen LogP) is -1.27. The van der Waals surface area contributed by atoms with Gasteiger partial charge in [0, 0.05) is 5.38 Å². The van der Waals surface area contributed by atoms with E-state index in [9.17, 15) is 14.7 Å². The highest BCUT2D eigenvalue weighted by molar-refractivity contribution is 7.11. The van der Waals surface area contributed by atoms with Crippen LogP contribution in [0.1, 0.15) is 21.9 Å². The summed E-state index contributed by atoms with van der Waals surface area (Å²) in [6, 6.07) is 0. The molecule has 1 amide bonds. The van der Waals surface area contributed by atoms with Gasteiger partial charge in [-0.3, -0.25) is 4.79 Å². The Bertz CT molecular complexity index is 427. The van der Waals surface area contributed by atoms with E-state index in [1.54, 1.807) is 0 Å². The van der Waals surface area contributed by atoms with Crippen LogP contribution in [0.15, 0.2) is 5.38 Å².